The number of hydrogen-bond acceptors (Lipinski definition) is 1. The van der Waals surface area contributed by atoms with Gasteiger partial charge in [0.25, 0.3) is 0 Å². The van der Waals surface area contributed by atoms with Crippen LogP contribution in [0.15, 0.2) is 24.3 Å². The van der Waals surface area contributed by atoms with Gasteiger partial charge in [0, 0.05) is 22.2 Å². The Morgan fingerprint density at radius 2 is 2.13 bits per heavy atom. The van der Waals surface area contributed by atoms with Crippen molar-refractivity contribution in [3.05, 3.63) is 29.3 Å². The quantitative estimate of drug-likeness (QED) is 0.712. The van der Waals surface area contributed by atoms with E-state index in [0.29, 0.717) is 5.02 Å². The van der Waals surface area contributed by atoms with Crippen LogP contribution in [0.5, 0.6) is 5.75 Å². The van der Waals surface area contributed by atoms with Gasteiger partial charge in [-0.3, -0.25) is 0 Å². The third-order valence-corrected chi connectivity index (χ3v) is 4.11. The lowest BCUT2D eigenvalue weighted by atomic mass is 9.68. The molecule has 1 aliphatic carbocycles. The molecule has 0 aromatic heterocycles. The lowest BCUT2D eigenvalue weighted by molar-refractivity contribution is -0.0130. The molecule has 0 amide bonds. The maximum absolute atomic E-state index is 6.13. The summed E-state index contributed by atoms with van der Waals surface area (Å²) < 4.78 is 5.85. The van der Waals surface area contributed by atoms with E-state index in [1.807, 2.05) is 24.3 Å². The monoisotopic (exact) mass is 244 g/mol. The Morgan fingerprint density at radius 1 is 1.40 bits per heavy atom. The van der Waals surface area contributed by atoms with Gasteiger partial charge < -0.3 is 4.74 Å². The Hall–Kier alpha value is -0.400. The van der Waals surface area contributed by atoms with Gasteiger partial charge in [0.15, 0.2) is 0 Å². The zero-order valence-electron chi connectivity index (χ0n) is 8.84. The molecule has 0 radical (unpaired) electrons. The first-order valence-corrected chi connectivity index (χ1v) is 5.88. The minimum atomic E-state index is 0.0455. The number of alkyl halides is 1. The molecular formula is C12H14Cl2O. The van der Waals surface area contributed by atoms with Crippen molar-refractivity contribution in [3.8, 4) is 5.75 Å². The SMILES string of the molecule is CC1(C)C(Cl)CC1Oc1cccc(Cl)c1. The molecule has 1 saturated carbocycles. The van der Waals surface area contributed by atoms with Crippen molar-refractivity contribution in [2.24, 2.45) is 5.41 Å². The van der Waals surface area contributed by atoms with E-state index in [2.05, 4.69) is 13.8 Å². The van der Waals surface area contributed by atoms with Crippen molar-refractivity contribution < 1.29 is 4.74 Å². The van der Waals surface area contributed by atoms with Crippen LogP contribution in [0.25, 0.3) is 0 Å². The molecule has 3 heteroatoms. The van der Waals surface area contributed by atoms with Gasteiger partial charge in [0.05, 0.1) is 0 Å². The van der Waals surface area contributed by atoms with Crippen molar-refractivity contribution in [1.29, 1.82) is 0 Å². The van der Waals surface area contributed by atoms with Gasteiger partial charge in [-0.1, -0.05) is 31.5 Å². The predicted molar refractivity (Wildman–Crippen MR) is 63.9 cm³/mol. The van der Waals surface area contributed by atoms with Crippen LogP contribution in [0.1, 0.15) is 20.3 Å². The molecule has 82 valence electrons. The minimum Gasteiger partial charge on any atom is -0.490 e. The molecule has 2 rings (SSSR count). The summed E-state index contributed by atoms with van der Waals surface area (Å²) in [6.45, 7) is 4.26. The molecule has 15 heavy (non-hydrogen) atoms. The van der Waals surface area contributed by atoms with Crippen LogP contribution in [-0.4, -0.2) is 11.5 Å². The molecule has 0 spiro atoms. The molecule has 1 aliphatic rings. The zero-order chi connectivity index (χ0) is 11.1. The summed E-state index contributed by atoms with van der Waals surface area (Å²) in [5.41, 5.74) is 0.0455. The highest BCUT2D eigenvalue weighted by molar-refractivity contribution is 6.30. The summed E-state index contributed by atoms with van der Waals surface area (Å²) >= 11 is 12.0. The highest BCUT2D eigenvalue weighted by Crippen LogP contribution is 2.46. The van der Waals surface area contributed by atoms with E-state index in [9.17, 15) is 0 Å². The van der Waals surface area contributed by atoms with Crippen LogP contribution in [0, 0.1) is 5.41 Å². The predicted octanol–water partition coefficient (Wildman–Crippen LogP) is 4.12. The van der Waals surface area contributed by atoms with E-state index >= 15 is 0 Å². The first-order chi connectivity index (χ1) is 7.00. The van der Waals surface area contributed by atoms with Crippen LogP contribution < -0.4 is 4.74 Å². The van der Waals surface area contributed by atoms with Gasteiger partial charge in [-0.2, -0.15) is 0 Å². The molecule has 2 unspecified atom stereocenters. The summed E-state index contributed by atoms with van der Waals surface area (Å²) in [6.07, 6.45) is 1.10. The van der Waals surface area contributed by atoms with Gasteiger partial charge in [0.1, 0.15) is 11.9 Å². The Bertz CT molecular complexity index is 362. The van der Waals surface area contributed by atoms with Crippen molar-refractivity contribution in [1.82, 2.24) is 0 Å². The molecule has 2 atom stereocenters. The fourth-order valence-electron chi connectivity index (χ4n) is 1.74. The molecule has 0 aliphatic heterocycles. The van der Waals surface area contributed by atoms with Gasteiger partial charge in [-0.15, -0.1) is 11.6 Å². The zero-order valence-corrected chi connectivity index (χ0v) is 10.3. The van der Waals surface area contributed by atoms with Crippen LogP contribution in [-0.2, 0) is 0 Å². The highest BCUT2D eigenvalue weighted by atomic mass is 35.5. The summed E-state index contributed by atoms with van der Waals surface area (Å²) in [5, 5.41) is 0.911. The Morgan fingerprint density at radius 3 is 2.67 bits per heavy atom. The van der Waals surface area contributed by atoms with Crippen LogP contribution in [0.2, 0.25) is 5.02 Å². The summed E-state index contributed by atoms with van der Waals surface area (Å²) in [6, 6.07) is 7.48. The maximum Gasteiger partial charge on any atom is 0.121 e. The van der Waals surface area contributed by atoms with E-state index in [-0.39, 0.29) is 16.9 Å². The second kappa shape index (κ2) is 3.88. The van der Waals surface area contributed by atoms with E-state index in [0.717, 1.165) is 12.2 Å². The maximum atomic E-state index is 6.13. The third kappa shape index (κ3) is 2.09. The van der Waals surface area contributed by atoms with E-state index in [1.54, 1.807) is 0 Å². The molecule has 0 N–H and O–H groups in total. The van der Waals surface area contributed by atoms with E-state index in [1.165, 1.54) is 0 Å². The van der Waals surface area contributed by atoms with Crippen molar-refractivity contribution in [3.63, 3.8) is 0 Å². The Labute approximate surface area is 100 Å². The van der Waals surface area contributed by atoms with Gasteiger partial charge >= 0.3 is 0 Å². The lowest BCUT2D eigenvalue weighted by Gasteiger charge is -2.48. The number of ether oxygens (including phenoxy) is 1. The van der Waals surface area contributed by atoms with E-state index < -0.39 is 0 Å². The molecule has 0 saturated heterocycles. The lowest BCUT2D eigenvalue weighted by Crippen LogP contribution is -2.53. The first kappa shape index (κ1) is 11.1. The second-order valence-electron chi connectivity index (χ2n) is 4.59. The standard InChI is InChI=1S/C12H14Cl2O/c1-12(2)10(14)7-11(12)15-9-5-3-4-8(13)6-9/h3-6,10-11H,7H2,1-2H3. The molecule has 1 aromatic carbocycles. The van der Waals surface area contributed by atoms with Crippen molar-refractivity contribution in [2.45, 2.75) is 31.7 Å². The average Bonchev–Trinajstić information content (AvgIpc) is 2.17. The summed E-state index contributed by atoms with van der Waals surface area (Å²) in [5.74, 6) is 0.823. The Kier molecular flexibility index (Phi) is 2.87. The van der Waals surface area contributed by atoms with Crippen LogP contribution in [0.4, 0.5) is 0 Å². The van der Waals surface area contributed by atoms with Crippen LogP contribution >= 0.6 is 23.2 Å². The summed E-state index contributed by atoms with van der Waals surface area (Å²) in [4.78, 5) is 0. The fraction of sp³-hybridized carbons (Fsp3) is 0.500. The molecule has 0 heterocycles. The largest absolute Gasteiger partial charge is 0.490 e. The Balaban J connectivity index is 2.05. The van der Waals surface area contributed by atoms with Crippen molar-refractivity contribution >= 4 is 23.2 Å². The topological polar surface area (TPSA) is 9.23 Å². The highest BCUT2D eigenvalue weighted by Gasteiger charge is 2.49. The molecular weight excluding hydrogens is 231 g/mol. The normalized spacial score (nSPS) is 28.3. The van der Waals surface area contributed by atoms with Crippen molar-refractivity contribution in [2.75, 3.05) is 0 Å². The fourth-order valence-corrected chi connectivity index (χ4v) is 2.22. The molecule has 1 aromatic rings. The first-order valence-electron chi connectivity index (χ1n) is 5.06. The molecule has 1 nitrogen and oxygen atoms in total. The number of benzene rings is 1. The van der Waals surface area contributed by atoms with Gasteiger partial charge in [-0.05, 0) is 18.2 Å². The smallest absolute Gasteiger partial charge is 0.121 e. The van der Waals surface area contributed by atoms with Gasteiger partial charge in [0.2, 0.25) is 0 Å². The van der Waals surface area contributed by atoms with Crippen LogP contribution in [0.3, 0.4) is 0 Å². The van der Waals surface area contributed by atoms with Gasteiger partial charge in [-0.25, -0.2) is 0 Å². The number of halogens is 2. The number of hydrogen-bond donors (Lipinski definition) is 0. The third-order valence-electron chi connectivity index (χ3n) is 3.13. The molecule has 0 bridgehead atoms. The minimum absolute atomic E-state index is 0.0455. The average molecular weight is 245 g/mol. The summed E-state index contributed by atoms with van der Waals surface area (Å²) in [7, 11) is 0. The van der Waals surface area contributed by atoms with E-state index in [4.69, 9.17) is 27.9 Å². The molecule has 1 fully saturated rings. The number of rotatable bonds is 2. The second-order valence-corrected chi connectivity index (χ2v) is 5.55.